The largest absolute Gasteiger partial charge is 0.458 e. The van der Waals surface area contributed by atoms with Crippen molar-refractivity contribution in [1.82, 2.24) is 4.98 Å². The summed E-state index contributed by atoms with van der Waals surface area (Å²) in [7, 11) is 0. The van der Waals surface area contributed by atoms with Gasteiger partial charge in [0.2, 0.25) is 0 Å². The number of carbonyl (C=O) groups is 1. The fraction of sp³-hybridized carbons (Fsp3) is 0.571. The molecule has 3 nitrogen and oxygen atoms in total. The number of pyridine rings is 1. The molecule has 1 fully saturated rings. The molecule has 0 amide bonds. The summed E-state index contributed by atoms with van der Waals surface area (Å²) in [5, 5.41) is 0.319. The minimum absolute atomic E-state index is 0.0389. The predicted octanol–water partition coefficient (Wildman–Crippen LogP) is 3.86. The Kier molecular flexibility index (Phi) is 4.59. The van der Waals surface area contributed by atoms with Crippen LogP contribution in [0.3, 0.4) is 0 Å². The van der Waals surface area contributed by atoms with Gasteiger partial charge in [0.1, 0.15) is 17.0 Å². The summed E-state index contributed by atoms with van der Waals surface area (Å²) in [5.74, 6) is 0.322. The number of aromatic nitrogens is 1. The van der Waals surface area contributed by atoms with E-state index in [2.05, 4.69) is 11.9 Å². The monoisotopic (exact) mass is 267 g/mol. The Morgan fingerprint density at radius 2 is 2.33 bits per heavy atom. The molecule has 98 valence electrons. The Hall–Kier alpha value is -1.09. The van der Waals surface area contributed by atoms with Crippen LogP contribution < -0.4 is 0 Å². The Morgan fingerprint density at radius 1 is 1.50 bits per heavy atom. The average Bonchev–Trinajstić information content (AvgIpc) is 2.39. The normalized spacial score (nSPS) is 23.7. The summed E-state index contributed by atoms with van der Waals surface area (Å²) in [6.07, 6.45) is 5.52. The van der Waals surface area contributed by atoms with E-state index in [1.807, 2.05) is 0 Å². The van der Waals surface area contributed by atoms with Crippen LogP contribution in [0.2, 0.25) is 5.15 Å². The van der Waals surface area contributed by atoms with Crippen molar-refractivity contribution in [3.05, 3.63) is 29.0 Å². The smallest absolute Gasteiger partial charge is 0.357 e. The van der Waals surface area contributed by atoms with Gasteiger partial charge in [-0.2, -0.15) is 0 Å². The zero-order chi connectivity index (χ0) is 13.0. The Morgan fingerprint density at radius 3 is 3.06 bits per heavy atom. The zero-order valence-electron chi connectivity index (χ0n) is 10.6. The lowest BCUT2D eigenvalue weighted by molar-refractivity contribution is 0.0133. The van der Waals surface area contributed by atoms with Gasteiger partial charge in [-0.3, -0.25) is 0 Å². The zero-order valence-corrected chi connectivity index (χ0v) is 11.3. The van der Waals surface area contributed by atoms with Gasteiger partial charge in [0.25, 0.3) is 0 Å². The van der Waals surface area contributed by atoms with Crippen molar-refractivity contribution in [3.63, 3.8) is 0 Å². The highest BCUT2D eigenvalue weighted by Gasteiger charge is 2.24. The fourth-order valence-electron chi connectivity index (χ4n) is 2.45. The maximum Gasteiger partial charge on any atom is 0.357 e. The van der Waals surface area contributed by atoms with Crippen molar-refractivity contribution in [1.29, 1.82) is 0 Å². The Bertz CT molecular complexity index is 422. The third kappa shape index (κ3) is 3.45. The number of ether oxygens (including phenoxy) is 1. The van der Waals surface area contributed by atoms with Crippen molar-refractivity contribution in [2.45, 2.75) is 45.1 Å². The second kappa shape index (κ2) is 6.19. The van der Waals surface area contributed by atoms with E-state index in [9.17, 15) is 4.79 Å². The summed E-state index contributed by atoms with van der Waals surface area (Å²) >= 11 is 5.76. The van der Waals surface area contributed by atoms with E-state index in [0.717, 1.165) is 25.7 Å². The molecule has 0 radical (unpaired) electrons. The lowest BCUT2D eigenvalue weighted by Gasteiger charge is -2.28. The van der Waals surface area contributed by atoms with Crippen LogP contribution in [0, 0.1) is 5.92 Å². The molecule has 2 unspecified atom stereocenters. The molecule has 0 N–H and O–H groups in total. The Labute approximate surface area is 113 Å². The summed E-state index contributed by atoms with van der Waals surface area (Å²) in [4.78, 5) is 15.9. The van der Waals surface area contributed by atoms with E-state index in [1.54, 1.807) is 18.2 Å². The van der Waals surface area contributed by atoms with Gasteiger partial charge in [0, 0.05) is 0 Å². The first-order chi connectivity index (χ1) is 8.69. The van der Waals surface area contributed by atoms with E-state index in [4.69, 9.17) is 16.3 Å². The molecule has 18 heavy (non-hydrogen) atoms. The highest BCUT2D eigenvalue weighted by molar-refractivity contribution is 6.29. The Balaban J connectivity index is 1.95. The van der Waals surface area contributed by atoms with Crippen molar-refractivity contribution in [3.8, 4) is 0 Å². The second-order valence-electron chi connectivity index (χ2n) is 4.81. The number of carbonyl (C=O) groups excluding carboxylic acids is 1. The fourth-order valence-corrected chi connectivity index (χ4v) is 2.62. The van der Waals surface area contributed by atoms with Gasteiger partial charge < -0.3 is 4.74 Å². The molecule has 2 atom stereocenters. The van der Waals surface area contributed by atoms with E-state index in [-0.39, 0.29) is 12.1 Å². The van der Waals surface area contributed by atoms with Gasteiger partial charge in [0.15, 0.2) is 0 Å². The molecule has 0 bridgehead atoms. The molecular formula is C14H18ClNO2. The number of rotatable bonds is 3. The van der Waals surface area contributed by atoms with Gasteiger partial charge in [-0.1, -0.05) is 37.4 Å². The summed E-state index contributed by atoms with van der Waals surface area (Å²) in [5.41, 5.74) is 0.293. The highest BCUT2D eigenvalue weighted by atomic mass is 35.5. The SMILES string of the molecule is CCC1CCCC(OC(=O)c2cccc(Cl)n2)C1. The van der Waals surface area contributed by atoms with Gasteiger partial charge in [-0.15, -0.1) is 0 Å². The van der Waals surface area contributed by atoms with E-state index >= 15 is 0 Å². The first kappa shape index (κ1) is 13.3. The molecule has 1 aromatic heterocycles. The molecule has 4 heteroatoms. The molecule has 1 heterocycles. The van der Waals surface area contributed by atoms with Crippen LogP contribution in [0.15, 0.2) is 18.2 Å². The van der Waals surface area contributed by atoms with Crippen LogP contribution in [0.25, 0.3) is 0 Å². The molecule has 1 saturated carbocycles. The highest BCUT2D eigenvalue weighted by Crippen LogP contribution is 2.28. The maximum atomic E-state index is 11.9. The number of halogens is 1. The number of hydrogen-bond donors (Lipinski definition) is 0. The maximum absolute atomic E-state index is 11.9. The van der Waals surface area contributed by atoms with Gasteiger partial charge in [0.05, 0.1) is 0 Å². The molecule has 0 aliphatic heterocycles. The molecule has 0 saturated heterocycles. The molecule has 0 spiro atoms. The molecular weight excluding hydrogens is 250 g/mol. The van der Waals surface area contributed by atoms with E-state index in [1.165, 1.54) is 6.42 Å². The predicted molar refractivity (Wildman–Crippen MR) is 70.7 cm³/mol. The first-order valence-electron chi connectivity index (χ1n) is 6.52. The number of nitrogens with zero attached hydrogens (tertiary/aromatic N) is 1. The molecule has 2 rings (SSSR count). The minimum Gasteiger partial charge on any atom is -0.458 e. The molecule has 1 aliphatic rings. The number of esters is 1. The van der Waals surface area contributed by atoms with Gasteiger partial charge in [-0.05, 0) is 37.3 Å². The third-order valence-electron chi connectivity index (χ3n) is 3.51. The standard InChI is InChI=1S/C14H18ClNO2/c1-2-10-5-3-6-11(9-10)18-14(17)12-7-4-8-13(15)16-12/h4,7-8,10-11H,2-3,5-6,9H2,1H3. The van der Waals surface area contributed by atoms with Crippen molar-refractivity contribution >= 4 is 17.6 Å². The third-order valence-corrected chi connectivity index (χ3v) is 3.72. The van der Waals surface area contributed by atoms with Crippen LogP contribution in [0.4, 0.5) is 0 Å². The summed E-state index contributed by atoms with van der Waals surface area (Å²) in [6, 6.07) is 4.99. The second-order valence-corrected chi connectivity index (χ2v) is 5.20. The molecule has 1 aromatic rings. The lowest BCUT2D eigenvalue weighted by Crippen LogP contribution is -2.25. The van der Waals surface area contributed by atoms with E-state index < -0.39 is 0 Å². The lowest BCUT2D eigenvalue weighted by atomic mass is 9.85. The minimum atomic E-state index is -0.362. The van der Waals surface area contributed by atoms with Crippen LogP contribution in [0.5, 0.6) is 0 Å². The number of hydrogen-bond acceptors (Lipinski definition) is 3. The van der Waals surface area contributed by atoms with Crippen LogP contribution in [-0.4, -0.2) is 17.1 Å². The van der Waals surface area contributed by atoms with Gasteiger partial charge >= 0.3 is 5.97 Å². The van der Waals surface area contributed by atoms with Crippen LogP contribution >= 0.6 is 11.6 Å². The van der Waals surface area contributed by atoms with Crippen molar-refractivity contribution in [2.75, 3.05) is 0 Å². The summed E-state index contributed by atoms with van der Waals surface area (Å²) in [6.45, 7) is 2.19. The average molecular weight is 268 g/mol. The quantitative estimate of drug-likeness (QED) is 0.617. The summed E-state index contributed by atoms with van der Waals surface area (Å²) < 4.78 is 5.50. The van der Waals surface area contributed by atoms with Crippen LogP contribution in [-0.2, 0) is 4.74 Å². The first-order valence-corrected chi connectivity index (χ1v) is 6.90. The molecule has 0 aromatic carbocycles. The van der Waals surface area contributed by atoms with Crippen LogP contribution in [0.1, 0.15) is 49.5 Å². The van der Waals surface area contributed by atoms with Gasteiger partial charge in [-0.25, -0.2) is 9.78 Å². The van der Waals surface area contributed by atoms with Crippen molar-refractivity contribution < 1.29 is 9.53 Å². The van der Waals surface area contributed by atoms with Crippen molar-refractivity contribution in [2.24, 2.45) is 5.92 Å². The van der Waals surface area contributed by atoms with E-state index in [0.29, 0.717) is 16.8 Å². The molecule has 1 aliphatic carbocycles. The topological polar surface area (TPSA) is 39.2 Å².